The van der Waals surface area contributed by atoms with Gasteiger partial charge in [0.25, 0.3) is 5.56 Å². The van der Waals surface area contributed by atoms with E-state index in [1.807, 2.05) is 26.2 Å². The highest BCUT2D eigenvalue weighted by Gasteiger charge is 2.58. The highest BCUT2D eigenvalue weighted by atomic mass is 28.5. The van der Waals surface area contributed by atoms with E-state index in [4.69, 9.17) is 17.7 Å². The number of hydrogen-bond acceptors (Lipinski definition) is 7. The highest BCUT2D eigenvalue weighted by Crippen LogP contribution is 2.43. The Labute approximate surface area is 171 Å². The smallest absolute Gasteiger partial charge is 0.331 e. The van der Waals surface area contributed by atoms with Crippen LogP contribution in [-0.2, 0) is 28.2 Å². The number of rotatable bonds is 2. The molecule has 3 rings (SSSR count). The van der Waals surface area contributed by atoms with Crippen molar-refractivity contribution in [1.82, 2.24) is 9.55 Å². The van der Waals surface area contributed by atoms with Gasteiger partial charge in [-0.25, -0.2) is 4.79 Å². The van der Waals surface area contributed by atoms with E-state index in [1.165, 1.54) is 16.8 Å². The second kappa shape index (κ2) is 7.10. The Morgan fingerprint density at radius 2 is 1.83 bits per heavy atom. The molecular weight excluding hydrogens is 412 g/mol. The number of ether oxygens (including phenoxy) is 1. The molecule has 0 saturated carbocycles. The summed E-state index contributed by atoms with van der Waals surface area (Å²) in [6, 6.07) is 1.21. The first-order valence-electron chi connectivity index (χ1n) is 9.72. The van der Waals surface area contributed by atoms with Crippen LogP contribution in [0, 0.1) is 5.41 Å². The zero-order valence-electron chi connectivity index (χ0n) is 18.0. The van der Waals surface area contributed by atoms with Crippen LogP contribution in [-0.4, -0.2) is 51.3 Å². The number of carbonyl (C=O) groups excluding carboxylic acids is 1. The van der Waals surface area contributed by atoms with Crippen LogP contribution >= 0.6 is 0 Å². The van der Waals surface area contributed by atoms with Crippen LogP contribution in [0.1, 0.15) is 27.2 Å². The second-order valence-electron chi connectivity index (χ2n) is 9.57. The average Bonchev–Trinajstić information content (AvgIpc) is 2.87. The normalized spacial score (nSPS) is 31.6. The summed E-state index contributed by atoms with van der Waals surface area (Å²) in [5.41, 5.74) is -3.64. The largest absolute Gasteiger partial charge is 0.415 e. The zero-order valence-corrected chi connectivity index (χ0v) is 20.0. The van der Waals surface area contributed by atoms with E-state index in [-0.39, 0.29) is 18.8 Å². The van der Waals surface area contributed by atoms with Crippen molar-refractivity contribution in [2.45, 2.75) is 71.3 Å². The van der Waals surface area contributed by atoms with Gasteiger partial charge in [0.2, 0.25) is 5.72 Å². The molecule has 1 N–H and O–H groups in total. The number of ketones is 1. The minimum atomic E-state index is -2.56. The predicted molar refractivity (Wildman–Crippen MR) is 110 cm³/mol. The van der Waals surface area contributed by atoms with Gasteiger partial charge >= 0.3 is 22.8 Å². The number of H-pyrrole nitrogens is 1. The lowest BCUT2D eigenvalue weighted by molar-refractivity contribution is -0.170. The molecule has 1 aromatic heterocycles. The van der Waals surface area contributed by atoms with Crippen LogP contribution < -0.4 is 11.2 Å². The maximum absolute atomic E-state index is 13.5. The second-order valence-corrected chi connectivity index (χ2v) is 16.5. The van der Waals surface area contributed by atoms with E-state index in [0.717, 1.165) is 0 Å². The van der Waals surface area contributed by atoms with E-state index in [1.54, 1.807) is 20.8 Å². The maximum atomic E-state index is 13.5. The molecule has 1 aromatic rings. The van der Waals surface area contributed by atoms with Crippen molar-refractivity contribution in [2.24, 2.45) is 5.41 Å². The molecule has 11 heteroatoms. The van der Waals surface area contributed by atoms with Gasteiger partial charge in [0, 0.05) is 24.1 Å². The topological polar surface area (TPSA) is 109 Å². The molecule has 0 amide bonds. The molecule has 2 saturated heterocycles. The number of aromatic nitrogens is 2. The van der Waals surface area contributed by atoms with Gasteiger partial charge in [-0.15, -0.1) is 0 Å². The standard InChI is InChI=1S/C18H30N2O7Si2/c1-17(2,3)15(22)18(20-9-8-14(21)19-16(20)23)10-12-13(25-18)11-24-28(4,5)27-29(6,7)26-12/h8-9,12-13H,10-11H2,1-7H3,(H,19,21,23)/t12-,13+,18-/m0/s1. The monoisotopic (exact) mass is 442 g/mol. The first-order valence-corrected chi connectivity index (χ1v) is 15.4. The minimum absolute atomic E-state index is 0.130. The van der Waals surface area contributed by atoms with Gasteiger partial charge < -0.3 is 17.7 Å². The summed E-state index contributed by atoms with van der Waals surface area (Å²) in [5.74, 6) is -0.272. The van der Waals surface area contributed by atoms with Gasteiger partial charge in [-0.05, 0) is 26.2 Å². The highest BCUT2D eigenvalue weighted by molar-refractivity contribution is 6.78. The van der Waals surface area contributed by atoms with Gasteiger partial charge in [0.1, 0.15) is 6.10 Å². The van der Waals surface area contributed by atoms with Crippen molar-refractivity contribution in [1.29, 1.82) is 0 Å². The fourth-order valence-electron chi connectivity index (χ4n) is 4.03. The number of nitrogens with one attached hydrogen (secondary N) is 1. The molecule has 29 heavy (non-hydrogen) atoms. The minimum Gasteiger partial charge on any atom is -0.415 e. The fraction of sp³-hybridized carbons (Fsp3) is 0.722. The Morgan fingerprint density at radius 1 is 1.17 bits per heavy atom. The third-order valence-electron chi connectivity index (χ3n) is 5.01. The third kappa shape index (κ3) is 4.39. The number of nitrogens with zero attached hydrogens (tertiary/aromatic N) is 1. The van der Waals surface area contributed by atoms with Crippen LogP contribution in [0.4, 0.5) is 0 Å². The zero-order chi connectivity index (χ0) is 21.8. The first kappa shape index (κ1) is 22.3. The average molecular weight is 443 g/mol. The van der Waals surface area contributed by atoms with Crippen molar-refractivity contribution < 1.29 is 22.5 Å². The molecular formula is C18H30N2O7Si2. The number of carbonyl (C=O) groups is 1. The molecule has 2 aliphatic rings. The Hall–Kier alpha value is -1.38. The summed E-state index contributed by atoms with van der Waals surface area (Å²) in [5, 5.41) is 0. The molecule has 9 nitrogen and oxygen atoms in total. The summed E-state index contributed by atoms with van der Waals surface area (Å²) in [7, 11) is -4.98. The van der Waals surface area contributed by atoms with Crippen LogP contribution in [0.25, 0.3) is 0 Å². The van der Waals surface area contributed by atoms with E-state index >= 15 is 0 Å². The van der Waals surface area contributed by atoms with Gasteiger partial charge in [0.15, 0.2) is 5.78 Å². The fourth-order valence-corrected chi connectivity index (χ4v) is 10.7. The van der Waals surface area contributed by atoms with E-state index in [9.17, 15) is 14.4 Å². The lowest BCUT2D eigenvalue weighted by Gasteiger charge is -2.38. The van der Waals surface area contributed by atoms with Crippen molar-refractivity contribution in [2.75, 3.05) is 6.61 Å². The summed E-state index contributed by atoms with van der Waals surface area (Å²) in [6.07, 6.45) is 0.419. The van der Waals surface area contributed by atoms with Crippen LogP contribution in [0.15, 0.2) is 21.9 Å². The van der Waals surface area contributed by atoms with E-state index in [0.29, 0.717) is 0 Å². The number of fused-ring (bicyclic) bond motifs is 1. The lowest BCUT2D eigenvalue weighted by atomic mass is 9.82. The molecule has 162 valence electrons. The molecule has 2 aliphatic heterocycles. The van der Waals surface area contributed by atoms with Gasteiger partial charge in [-0.3, -0.25) is 19.1 Å². The molecule has 0 unspecified atom stereocenters. The third-order valence-corrected chi connectivity index (χ3v) is 10.7. The molecule has 0 aromatic carbocycles. The van der Waals surface area contributed by atoms with Crippen LogP contribution in [0.2, 0.25) is 26.2 Å². The molecule has 2 fully saturated rings. The number of hydrogen-bond donors (Lipinski definition) is 1. The summed E-state index contributed by atoms with van der Waals surface area (Å²) in [6.45, 7) is 13.3. The Bertz CT molecular complexity index is 918. The molecule has 0 radical (unpaired) electrons. The van der Waals surface area contributed by atoms with E-state index in [2.05, 4.69) is 4.98 Å². The van der Waals surface area contributed by atoms with Gasteiger partial charge in [0.05, 0.1) is 12.7 Å². The Kier molecular flexibility index (Phi) is 5.46. The van der Waals surface area contributed by atoms with Crippen molar-refractivity contribution in [3.8, 4) is 0 Å². The van der Waals surface area contributed by atoms with E-state index < -0.39 is 51.7 Å². The summed E-state index contributed by atoms with van der Waals surface area (Å²) < 4.78 is 26.1. The summed E-state index contributed by atoms with van der Waals surface area (Å²) in [4.78, 5) is 40.0. The summed E-state index contributed by atoms with van der Waals surface area (Å²) >= 11 is 0. The Balaban J connectivity index is 2.11. The molecule has 0 bridgehead atoms. The van der Waals surface area contributed by atoms with Gasteiger partial charge in [-0.1, -0.05) is 20.8 Å². The maximum Gasteiger partial charge on any atom is 0.331 e. The van der Waals surface area contributed by atoms with Gasteiger partial charge in [-0.2, -0.15) is 0 Å². The SMILES string of the molecule is CC(C)(C)C(=O)[C@]1(n2ccc(=O)[nH]c2=O)C[C@@H]2O[Si](C)(C)O[Si](C)(C)OC[C@H]2O1. The van der Waals surface area contributed by atoms with Crippen molar-refractivity contribution >= 4 is 22.9 Å². The predicted octanol–water partition coefficient (Wildman–Crippen LogP) is 1.43. The quantitative estimate of drug-likeness (QED) is 0.690. The number of Topliss-reactive ketones (excluding diaryl/α,β-unsaturated/α-hetero) is 1. The Morgan fingerprint density at radius 3 is 2.41 bits per heavy atom. The van der Waals surface area contributed by atoms with Crippen LogP contribution in [0.5, 0.6) is 0 Å². The van der Waals surface area contributed by atoms with Crippen molar-refractivity contribution in [3.05, 3.63) is 33.1 Å². The number of aromatic amines is 1. The molecule has 0 spiro atoms. The van der Waals surface area contributed by atoms with Crippen molar-refractivity contribution in [3.63, 3.8) is 0 Å². The molecule has 3 atom stereocenters. The molecule has 3 heterocycles. The van der Waals surface area contributed by atoms with Crippen LogP contribution in [0.3, 0.4) is 0 Å². The lowest BCUT2D eigenvalue weighted by Crippen LogP contribution is -2.55. The molecule has 0 aliphatic carbocycles. The first-order chi connectivity index (χ1) is 13.2.